The van der Waals surface area contributed by atoms with E-state index in [2.05, 4.69) is 6.92 Å². The highest BCUT2D eigenvalue weighted by atomic mass is 16.6. The van der Waals surface area contributed by atoms with Crippen LogP contribution in [-0.2, 0) is 14.3 Å². The monoisotopic (exact) mass is 371 g/mol. The molecule has 0 aromatic carbocycles. The van der Waals surface area contributed by atoms with Gasteiger partial charge in [-0.2, -0.15) is 0 Å². The number of hydrogen-bond donors (Lipinski definition) is 0. The number of nitro groups is 1. The van der Waals surface area contributed by atoms with Crippen molar-refractivity contribution in [2.24, 2.45) is 11.8 Å². The highest BCUT2D eigenvalue weighted by Crippen LogP contribution is 2.34. The summed E-state index contributed by atoms with van der Waals surface area (Å²) in [6.45, 7) is 8.33. The van der Waals surface area contributed by atoms with Crippen LogP contribution in [-0.4, -0.2) is 28.8 Å². The van der Waals surface area contributed by atoms with Crippen LogP contribution in [0.25, 0.3) is 0 Å². The van der Waals surface area contributed by atoms with Crippen molar-refractivity contribution in [2.45, 2.75) is 97.9 Å². The fraction of sp³-hybridized carbons (Fsp3) is 0.900. The Bertz CT molecular complexity index is 447. The molecule has 26 heavy (non-hydrogen) atoms. The van der Waals surface area contributed by atoms with Crippen LogP contribution >= 0.6 is 0 Å². The minimum atomic E-state index is -1.36. The molecule has 0 bridgehead atoms. The number of carbonyl (C=O) groups excluding carboxylic acids is 2. The normalized spacial score (nSPS) is 13.9. The van der Waals surface area contributed by atoms with Gasteiger partial charge in [-0.1, -0.05) is 58.3 Å². The molecule has 0 fully saturated rings. The lowest BCUT2D eigenvalue weighted by molar-refractivity contribution is -0.572. The van der Waals surface area contributed by atoms with E-state index in [1.807, 2.05) is 0 Å². The maximum atomic E-state index is 12.3. The Kier molecular flexibility index (Phi) is 12.1. The van der Waals surface area contributed by atoms with Crippen LogP contribution in [0.5, 0.6) is 0 Å². The first-order valence-corrected chi connectivity index (χ1v) is 10.0. The highest BCUT2D eigenvalue weighted by molar-refractivity contribution is 5.98. The average molecular weight is 372 g/mol. The molecule has 0 heterocycles. The molecule has 6 heteroatoms. The van der Waals surface area contributed by atoms with Crippen molar-refractivity contribution in [3.63, 3.8) is 0 Å². The average Bonchev–Trinajstić information content (AvgIpc) is 2.55. The molecule has 0 aliphatic heterocycles. The predicted molar refractivity (Wildman–Crippen MR) is 103 cm³/mol. The second kappa shape index (κ2) is 12.8. The lowest BCUT2D eigenvalue weighted by Gasteiger charge is -2.31. The fourth-order valence-electron chi connectivity index (χ4n) is 3.41. The van der Waals surface area contributed by atoms with E-state index in [0.29, 0.717) is 6.42 Å². The van der Waals surface area contributed by atoms with Gasteiger partial charge in [0.1, 0.15) is 11.7 Å². The van der Waals surface area contributed by atoms with E-state index < -0.39 is 23.3 Å². The SMILES string of the molecule is CCCCCCCCCCC(C(C(C)=O)C(=O)OCC)C(C)(C)[N+](=O)[O-]. The van der Waals surface area contributed by atoms with Crippen LogP contribution in [0.15, 0.2) is 0 Å². The van der Waals surface area contributed by atoms with E-state index >= 15 is 0 Å². The van der Waals surface area contributed by atoms with Crippen molar-refractivity contribution >= 4 is 11.8 Å². The Labute approximate surface area is 158 Å². The smallest absolute Gasteiger partial charge is 0.317 e. The third kappa shape index (κ3) is 8.28. The maximum absolute atomic E-state index is 12.3. The summed E-state index contributed by atoms with van der Waals surface area (Å²) >= 11 is 0. The van der Waals surface area contributed by atoms with E-state index in [1.54, 1.807) is 6.92 Å². The molecule has 0 aromatic heterocycles. The van der Waals surface area contributed by atoms with Gasteiger partial charge in [0.05, 0.1) is 6.61 Å². The molecule has 0 aromatic rings. The van der Waals surface area contributed by atoms with Gasteiger partial charge in [0.15, 0.2) is 0 Å². The minimum Gasteiger partial charge on any atom is -0.465 e. The second-order valence-electron chi connectivity index (χ2n) is 7.62. The van der Waals surface area contributed by atoms with Crippen molar-refractivity contribution in [3.8, 4) is 0 Å². The summed E-state index contributed by atoms with van der Waals surface area (Å²) < 4.78 is 5.02. The van der Waals surface area contributed by atoms with Crippen LogP contribution < -0.4 is 0 Å². The van der Waals surface area contributed by atoms with E-state index in [4.69, 9.17) is 4.74 Å². The zero-order chi connectivity index (χ0) is 20.2. The van der Waals surface area contributed by atoms with Gasteiger partial charge in [0.2, 0.25) is 5.54 Å². The molecule has 0 amide bonds. The third-order valence-corrected chi connectivity index (χ3v) is 5.13. The summed E-state index contributed by atoms with van der Waals surface area (Å²) in [6, 6.07) is 0. The van der Waals surface area contributed by atoms with Gasteiger partial charge in [-0.3, -0.25) is 19.7 Å². The standard InChI is InChI=1S/C20H37NO5/c1-6-8-9-10-11-12-13-14-15-17(20(4,5)21(24)25)18(16(3)22)19(23)26-7-2/h17-18H,6-15H2,1-5H3. The molecular weight excluding hydrogens is 334 g/mol. The number of rotatable bonds is 15. The first-order valence-electron chi connectivity index (χ1n) is 10.0. The highest BCUT2D eigenvalue weighted by Gasteiger charge is 2.49. The van der Waals surface area contributed by atoms with E-state index in [-0.39, 0.29) is 17.3 Å². The fourth-order valence-corrected chi connectivity index (χ4v) is 3.41. The van der Waals surface area contributed by atoms with Crippen LogP contribution in [0, 0.1) is 22.0 Å². The van der Waals surface area contributed by atoms with Gasteiger partial charge < -0.3 is 4.74 Å². The third-order valence-electron chi connectivity index (χ3n) is 5.13. The molecule has 2 atom stereocenters. The maximum Gasteiger partial charge on any atom is 0.317 e. The van der Waals surface area contributed by atoms with Crippen molar-refractivity contribution in [2.75, 3.05) is 6.61 Å². The Morgan fingerprint density at radius 3 is 1.92 bits per heavy atom. The number of esters is 1. The Morgan fingerprint density at radius 2 is 1.50 bits per heavy atom. The van der Waals surface area contributed by atoms with Crippen LogP contribution in [0.4, 0.5) is 0 Å². The van der Waals surface area contributed by atoms with Gasteiger partial charge in [-0.15, -0.1) is 0 Å². The topological polar surface area (TPSA) is 86.5 Å². The number of unbranched alkanes of at least 4 members (excludes halogenated alkanes) is 7. The minimum absolute atomic E-state index is 0.159. The second-order valence-corrected chi connectivity index (χ2v) is 7.62. The molecule has 0 saturated carbocycles. The summed E-state index contributed by atoms with van der Waals surface area (Å²) in [5.41, 5.74) is -1.36. The van der Waals surface area contributed by atoms with Crippen molar-refractivity contribution < 1.29 is 19.2 Å². The van der Waals surface area contributed by atoms with Crippen LogP contribution in [0.3, 0.4) is 0 Å². The van der Waals surface area contributed by atoms with Gasteiger partial charge in [0, 0.05) is 24.7 Å². The van der Waals surface area contributed by atoms with Gasteiger partial charge in [0.25, 0.3) is 0 Å². The summed E-state index contributed by atoms with van der Waals surface area (Å²) in [6.07, 6.45) is 9.42. The van der Waals surface area contributed by atoms with Crippen LogP contribution in [0.1, 0.15) is 92.4 Å². The Balaban J connectivity index is 4.88. The largest absolute Gasteiger partial charge is 0.465 e. The lowest BCUT2D eigenvalue weighted by Crippen LogP contribution is -2.48. The predicted octanol–water partition coefficient (Wildman–Crippen LogP) is 4.96. The Morgan fingerprint density at radius 1 is 1.00 bits per heavy atom. The summed E-state index contributed by atoms with van der Waals surface area (Å²) in [4.78, 5) is 35.5. The number of ketones is 1. The molecule has 0 rings (SSSR count). The number of hydrogen-bond acceptors (Lipinski definition) is 5. The summed E-state index contributed by atoms with van der Waals surface area (Å²) in [7, 11) is 0. The van der Waals surface area contributed by atoms with E-state index in [0.717, 1.165) is 25.7 Å². The molecule has 0 saturated heterocycles. The number of Topliss-reactive ketones (excluding diaryl/α,β-unsaturated/α-hetero) is 1. The molecule has 2 unspecified atom stereocenters. The number of carbonyl (C=O) groups is 2. The molecule has 0 radical (unpaired) electrons. The van der Waals surface area contributed by atoms with Crippen LogP contribution in [0.2, 0.25) is 0 Å². The zero-order valence-electron chi connectivity index (χ0n) is 17.2. The molecular formula is C20H37NO5. The molecule has 0 spiro atoms. The number of nitrogens with zero attached hydrogens (tertiary/aromatic N) is 1. The zero-order valence-corrected chi connectivity index (χ0v) is 17.2. The van der Waals surface area contributed by atoms with E-state index in [1.165, 1.54) is 46.5 Å². The van der Waals surface area contributed by atoms with Crippen molar-refractivity contribution in [1.29, 1.82) is 0 Å². The Hall–Kier alpha value is -1.46. The number of ether oxygens (including phenoxy) is 1. The molecule has 6 nitrogen and oxygen atoms in total. The molecule has 0 aliphatic rings. The van der Waals surface area contributed by atoms with Gasteiger partial charge in [-0.05, 0) is 20.3 Å². The molecule has 0 N–H and O–H groups in total. The summed E-state index contributed by atoms with van der Waals surface area (Å²) in [5, 5.41) is 11.5. The van der Waals surface area contributed by atoms with Gasteiger partial charge >= 0.3 is 5.97 Å². The first-order chi connectivity index (χ1) is 12.2. The molecule has 0 aliphatic carbocycles. The van der Waals surface area contributed by atoms with Crippen molar-refractivity contribution in [3.05, 3.63) is 10.1 Å². The van der Waals surface area contributed by atoms with Gasteiger partial charge in [-0.25, -0.2) is 0 Å². The first kappa shape index (κ1) is 24.5. The molecule has 152 valence electrons. The van der Waals surface area contributed by atoms with Crippen molar-refractivity contribution in [1.82, 2.24) is 0 Å². The quantitative estimate of drug-likeness (QED) is 0.133. The lowest BCUT2D eigenvalue weighted by atomic mass is 9.73. The summed E-state index contributed by atoms with van der Waals surface area (Å²) in [5.74, 6) is -2.73. The van der Waals surface area contributed by atoms with E-state index in [9.17, 15) is 19.7 Å².